The monoisotopic (exact) mass is 658 g/mol. The summed E-state index contributed by atoms with van der Waals surface area (Å²) in [4.78, 5) is 36.6. The first-order chi connectivity index (χ1) is 23.7. The molecule has 0 saturated carbocycles. The van der Waals surface area contributed by atoms with E-state index in [1.54, 1.807) is 0 Å². The standard InChI is InChI=1S/C42H50N4O3/c1-31-15-17-37(33(3)27-31)39(29-41(47)45-23-19-43(20-24-45)35-11-7-5-8-12-35)49-40(38-18-16-32(2)28-34(38)4)30-42(48)46-25-21-44(22-26-46)36-13-9-6-10-14-36/h5-18,27-28,39-40H,19-26,29-30H2,1-4H3. The number of piperazine rings is 2. The summed E-state index contributed by atoms with van der Waals surface area (Å²) in [5.41, 5.74) is 8.89. The lowest BCUT2D eigenvalue weighted by Gasteiger charge is -2.38. The molecule has 0 aliphatic carbocycles. The second-order valence-electron chi connectivity index (χ2n) is 13.6. The van der Waals surface area contributed by atoms with Crippen LogP contribution in [0, 0.1) is 27.7 Å². The summed E-state index contributed by atoms with van der Waals surface area (Å²) in [7, 11) is 0. The van der Waals surface area contributed by atoms with Crippen LogP contribution in [0.25, 0.3) is 0 Å². The highest BCUT2D eigenvalue weighted by Crippen LogP contribution is 2.36. The molecule has 4 aromatic carbocycles. The minimum atomic E-state index is -0.492. The van der Waals surface area contributed by atoms with E-state index in [1.165, 1.54) is 22.5 Å². The van der Waals surface area contributed by atoms with E-state index in [4.69, 9.17) is 4.74 Å². The van der Waals surface area contributed by atoms with Gasteiger partial charge in [-0.05, 0) is 74.2 Å². The maximum Gasteiger partial charge on any atom is 0.225 e. The molecule has 256 valence electrons. The van der Waals surface area contributed by atoms with Crippen LogP contribution in [0.15, 0.2) is 97.1 Å². The predicted molar refractivity (Wildman–Crippen MR) is 198 cm³/mol. The van der Waals surface area contributed by atoms with Crippen molar-refractivity contribution in [2.45, 2.75) is 52.7 Å². The fourth-order valence-corrected chi connectivity index (χ4v) is 7.32. The van der Waals surface area contributed by atoms with Gasteiger partial charge in [0, 0.05) is 63.7 Å². The molecule has 2 aliphatic rings. The van der Waals surface area contributed by atoms with Crippen LogP contribution in [-0.4, -0.2) is 74.0 Å². The van der Waals surface area contributed by atoms with E-state index < -0.39 is 12.2 Å². The van der Waals surface area contributed by atoms with Crippen LogP contribution < -0.4 is 9.80 Å². The van der Waals surface area contributed by atoms with Gasteiger partial charge in [0.05, 0.1) is 25.0 Å². The molecular formula is C42H50N4O3. The number of carbonyl (C=O) groups is 2. The van der Waals surface area contributed by atoms with Crippen LogP contribution in [-0.2, 0) is 14.3 Å². The Labute approximate surface area is 292 Å². The third-order valence-electron chi connectivity index (χ3n) is 10.1. The molecule has 7 heteroatoms. The topological polar surface area (TPSA) is 56.3 Å². The van der Waals surface area contributed by atoms with Crippen molar-refractivity contribution in [2.24, 2.45) is 0 Å². The van der Waals surface area contributed by atoms with E-state index >= 15 is 0 Å². The molecule has 2 saturated heterocycles. The molecule has 0 N–H and O–H groups in total. The van der Waals surface area contributed by atoms with Gasteiger partial charge >= 0.3 is 0 Å². The molecule has 0 radical (unpaired) electrons. The van der Waals surface area contributed by atoms with Crippen LogP contribution in [0.5, 0.6) is 0 Å². The van der Waals surface area contributed by atoms with Gasteiger partial charge in [0.15, 0.2) is 0 Å². The summed E-state index contributed by atoms with van der Waals surface area (Å²) in [6.07, 6.45) is -0.538. The Morgan fingerprint density at radius 1 is 0.531 bits per heavy atom. The number of nitrogens with zero attached hydrogens (tertiary/aromatic N) is 4. The molecule has 4 aromatic rings. The van der Waals surface area contributed by atoms with Gasteiger partial charge in [-0.3, -0.25) is 9.59 Å². The first-order valence-electron chi connectivity index (χ1n) is 17.7. The highest BCUT2D eigenvalue weighted by atomic mass is 16.5. The van der Waals surface area contributed by atoms with Crippen molar-refractivity contribution in [1.29, 1.82) is 0 Å². The molecule has 0 spiro atoms. The number of hydrogen-bond donors (Lipinski definition) is 0. The number of carbonyl (C=O) groups excluding carboxylic acids is 2. The van der Waals surface area contributed by atoms with E-state index in [2.05, 4.69) is 122 Å². The van der Waals surface area contributed by atoms with E-state index in [9.17, 15) is 9.59 Å². The van der Waals surface area contributed by atoms with Gasteiger partial charge in [-0.2, -0.15) is 0 Å². The van der Waals surface area contributed by atoms with Crippen LogP contribution >= 0.6 is 0 Å². The van der Waals surface area contributed by atoms with Crippen molar-refractivity contribution in [3.8, 4) is 0 Å². The highest BCUT2D eigenvalue weighted by Gasteiger charge is 2.31. The molecule has 2 amide bonds. The summed E-state index contributed by atoms with van der Waals surface area (Å²) in [5.74, 6) is 0.167. The summed E-state index contributed by atoms with van der Waals surface area (Å²) in [5, 5.41) is 0. The maximum atomic E-state index is 14.0. The largest absolute Gasteiger partial charge is 0.368 e. The Kier molecular flexibility index (Phi) is 11.0. The smallest absolute Gasteiger partial charge is 0.225 e. The average molecular weight is 659 g/mol. The summed E-state index contributed by atoms with van der Waals surface area (Å²) in [6.45, 7) is 14.2. The zero-order valence-electron chi connectivity index (χ0n) is 29.5. The Bertz CT molecular complexity index is 1580. The highest BCUT2D eigenvalue weighted by molar-refractivity contribution is 5.78. The number of rotatable bonds is 10. The molecule has 2 fully saturated rings. The lowest BCUT2D eigenvalue weighted by Crippen LogP contribution is -2.49. The van der Waals surface area contributed by atoms with Crippen molar-refractivity contribution in [1.82, 2.24) is 9.80 Å². The number of hydrogen-bond acceptors (Lipinski definition) is 5. The van der Waals surface area contributed by atoms with Gasteiger partial charge in [0.1, 0.15) is 0 Å². The van der Waals surface area contributed by atoms with Crippen molar-refractivity contribution < 1.29 is 14.3 Å². The third-order valence-corrected chi connectivity index (χ3v) is 10.1. The fraction of sp³-hybridized carbons (Fsp3) is 0.381. The maximum absolute atomic E-state index is 14.0. The number of benzene rings is 4. The zero-order chi connectivity index (χ0) is 34.3. The minimum absolute atomic E-state index is 0.0837. The van der Waals surface area contributed by atoms with Crippen LogP contribution in [0.1, 0.15) is 58.4 Å². The van der Waals surface area contributed by atoms with Gasteiger partial charge in [0.25, 0.3) is 0 Å². The van der Waals surface area contributed by atoms with Crippen LogP contribution in [0.4, 0.5) is 11.4 Å². The molecule has 2 atom stereocenters. The molecule has 0 bridgehead atoms. The first kappa shape index (κ1) is 34.3. The Morgan fingerprint density at radius 3 is 1.24 bits per heavy atom. The average Bonchev–Trinajstić information content (AvgIpc) is 3.12. The first-order valence-corrected chi connectivity index (χ1v) is 17.7. The normalized spacial score (nSPS) is 16.4. The van der Waals surface area contributed by atoms with Crippen molar-refractivity contribution >= 4 is 23.2 Å². The molecule has 2 heterocycles. The molecule has 2 aliphatic heterocycles. The number of ether oxygens (including phenoxy) is 1. The van der Waals surface area contributed by atoms with E-state index in [0.717, 1.165) is 48.4 Å². The lowest BCUT2D eigenvalue weighted by molar-refractivity contribution is -0.139. The fourth-order valence-electron chi connectivity index (χ4n) is 7.32. The third kappa shape index (κ3) is 8.52. The van der Waals surface area contributed by atoms with Gasteiger partial charge in [0.2, 0.25) is 11.8 Å². The predicted octanol–water partition coefficient (Wildman–Crippen LogP) is 7.20. The van der Waals surface area contributed by atoms with Gasteiger partial charge < -0.3 is 24.3 Å². The number of amides is 2. The van der Waals surface area contributed by atoms with Crippen LogP contribution in [0.3, 0.4) is 0 Å². The van der Waals surface area contributed by atoms with Gasteiger partial charge in [-0.1, -0.05) is 83.9 Å². The van der Waals surface area contributed by atoms with E-state index in [0.29, 0.717) is 26.2 Å². The summed E-state index contributed by atoms with van der Waals surface area (Å²) in [6, 6.07) is 33.5. The molecule has 7 nitrogen and oxygen atoms in total. The zero-order valence-corrected chi connectivity index (χ0v) is 29.5. The molecule has 49 heavy (non-hydrogen) atoms. The quantitative estimate of drug-likeness (QED) is 0.181. The second kappa shape index (κ2) is 15.7. The Balaban J connectivity index is 1.20. The van der Waals surface area contributed by atoms with Crippen molar-refractivity contribution in [3.63, 3.8) is 0 Å². The lowest BCUT2D eigenvalue weighted by atomic mass is 9.95. The number of para-hydroxylation sites is 2. The molecule has 2 unspecified atom stereocenters. The van der Waals surface area contributed by atoms with Gasteiger partial charge in [-0.15, -0.1) is 0 Å². The van der Waals surface area contributed by atoms with Crippen molar-refractivity contribution in [3.05, 3.63) is 130 Å². The molecular weight excluding hydrogens is 608 g/mol. The molecule has 6 rings (SSSR count). The van der Waals surface area contributed by atoms with Crippen LogP contribution in [0.2, 0.25) is 0 Å². The van der Waals surface area contributed by atoms with Gasteiger partial charge in [-0.25, -0.2) is 0 Å². The number of anilines is 2. The summed E-state index contributed by atoms with van der Waals surface area (Å²) < 4.78 is 7.05. The number of aryl methyl sites for hydroxylation is 4. The SMILES string of the molecule is Cc1ccc(C(CC(=O)N2CCN(c3ccccc3)CC2)OC(CC(=O)N2CCN(c3ccccc3)CC2)c2ccc(C)cc2C)c(C)c1. The molecule has 0 aromatic heterocycles. The second-order valence-corrected chi connectivity index (χ2v) is 13.6. The van der Waals surface area contributed by atoms with Crippen molar-refractivity contribution in [2.75, 3.05) is 62.2 Å². The van der Waals surface area contributed by atoms with E-state index in [1.807, 2.05) is 21.9 Å². The Hall–Kier alpha value is -4.62. The van der Waals surface area contributed by atoms with E-state index in [-0.39, 0.29) is 24.7 Å². The summed E-state index contributed by atoms with van der Waals surface area (Å²) >= 11 is 0. The minimum Gasteiger partial charge on any atom is -0.368 e. The Morgan fingerprint density at radius 2 is 0.898 bits per heavy atom.